The maximum Gasteiger partial charge on any atom is 0.254 e. The first-order valence-electron chi connectivity index (χ1n) is 8.58. The lowest BCUT2D eigenvalue weighted by atomic mass is 10.0. The molecule has 0 aliphatic carbocycles. The van der Waals surface area contributed by atoms with Gasteiger partial charge < -0.3 is 9.80 Å². The Balaban J connectivity index is 1.72. The minimum absolute atomic E-state index is 0.128. The maximum atomic E-state index is 14.5. The Bertz CT molecular complexity index is 909. The van der Waals surface area contributed by atoms with Crippen LogP contribution < -0.4 is 4.90 Å². The van der Waals surface area contributed by atoms with E-state index in [0.717, 1.165) is 5.56 Å². The molecule has 0 N–H and O–H groups in total. The van der Waals surface area contributed by atoms with E-state index in [9.17, 15) is 14.0 Å². The minimum Gasteiger partial charge on any atom is -0.366 e. The van der Waals surface area contributed by atoms with Crippen LogP contribution in [0.1, 0.15) is 33.2 Å². The first-order chi connectivity index (χ1) is 12.8. The van der Waals surface area contributed by atoms with Gasteiger partial charge in [0.25, 0.3) is 5.91 Å². The number of rotatable bonds is 3. The van der Waals surface area contributed by atoms with Crippen LogP contribution in [-0.4, -0.2) is 42.8 Å². The molecule has 0 radical (unpaired) electrons. The van der Waals surface area contributed by atoms with E-state index in [4.69, 9.17) is 23.2 Å². The number of carbonyl (C=O) groups is 2. The fourth-order valence-corrected chi connectivity index (χ4v) is 3.55. The predicted molar refractivity (Wildman–Crippen MR) is 106 cm³/mol. The molecule has 0 unspecified atom stereocenters. The van der Waals surface area contributed by atoms with Crippen LogP contribution in [-0.2, 0) is 0 Å². The molecule has 1 amide bonds. The highest BCUT2D eigenvalue weighted by Gasteiger charge is 2.25. The van der Waals surface area contributed by atoms with Gasteiger partial charge >= 0.3 is 0 Å². The number of aryl methyl sites for hydroxylation is 1. The number of anilines is 1. The molecule has 0 atom stereocenters. The summed E-state index contributed by atoms with van der Waals surface area (Å²) in [6.07, 6.45) is 0. The van der Waals surface area contributed by atoms with Crippen molar-refractivity contribution < 1.29 is 14.0 Å². The van der Waals surface area contributed by atoms with Gasteiger partial charge in [0.15, 0.2) is 5.78 Å². The Morgan fingerprint density at radius 3 is 2.26 bits per heavy atom. The average molecular weight is 409 g/mol. The lowest BCUT2D eigenvalue weighted by Crippen LogP contribution is -2.49. The standard InChI is InChI=1S/C20H19Cl2FN2O2/c1-12-9-19(18(23)11-15(12)13(2)26)24-5-7-25(8-6-24)20(27)14-3-4-16(21)17(22)10-14/h3-4,9-11H,5-8H2,1-2H3. The number of carbonyl (C=O) groups excluding carboxylic acids is 2. The van der Waals surface area contributed by atoms with Crippen LogP contribution in [0.5, 0.6) is 0 Å². The van der Waals surface area contributed by atoms with Crippen molar-refractivity contribution in [3.05, 3.63) is 62.9 Å². The van der Waals surface area contributed by atoms with Gasteiger partial charge in [0.05, 0.1) is 15.7 Å². The molecule has 3 rings (SSSR count). The molecule has 0 aromatic heterocycles. The fourth-order valence-electron chi connectivity index (χ4n) is 3.25. The first kappa shape index (κ1) is 19.6. The SMILES string of the molecule is CC(=O)c1cc(F)c(N2CCN(C(=O)c3ccc(Cl)c(Cl)c3)CC2)cc1C. The summed E-state index contributed by atoms with van der Waals surface area (Å²) in [7, 11) is 0. The van der Waals surface area contributed by atoms with E-state index < -0.39 is 5.82 Å². The molecule has 1 aliphatic rings. The third-order valence-electron chi connectivity index (χ3n) is 4.75. The third-order valence-corrected chi connectivity index (χ3v) is 5.49. The molecule has 142 valence electrons. The van der Waals surface area contributed by atoms with Crippen LogP contribution in [0.3, 0.4) is 0 Å². The molecule has 0 spiro atoms. The Morgan fingerprint density at radius 2 is 1.67 bits per heavy atom. The number of hydrogen-bond acceptors (Lipinski definition) is 3. The topological polar surface area (TPSA) is 40.6 Å². The lowest BCUT2D eigenvalue weighted by molar-refractivity contribution is 0.0746. The molecule has 1 heterocycles. The third kappa shape index (κ3) is 4.09. The molecular formula is C20H19Cl2FN2O2. The zero-order valence-electron chi connectivity index (χ0n) is 15.1. The van der Waals surface area contributed by atoms with Gasteiger partial charge in [0, 0.05) is 37.3 Å². The van der Waals surface area contributed by atoms with Crippen molar-refractivity contribution in [1.29, 1.82) is 0 Å². The summed E-state index contributed by atoms with van der Waals surface area (Å²) >= 11 is 11.9. The Hall–Kier alpha value is -2.11. The number of ketones is 1. The Morgan fingerprint density at radius 1 is 1.00 bits per heavy atom. The second kappa shape index (κ2) is 7.87. The molecule has 7 heteroatoms. The molecule has 1 fully saturated rings. The van der Waals surface area contributed by atoms with Gasteiger partial charge in [0.1, 0.15) is 5.82 Å². The van der Waals surface area contributed by atoms with E-state index in [1.54, 1.807) is 36.1 Å². The highest BCUT2D eigenvalue weighted by molar-refractivity contribution is 6.42. The van der Waals surface area contributed by atoms with Crippen LogP contribution in [0, 0.1) is 12.7 Å². The monoisotopic (exact) mass is 408 g/mol. The van der Waals surface area contributed by atoms with Gasteiger partial charge in [-0.15, -0.1) is 0 Å². The van der Waals surface area contributed by atoms with Crippen molar-refractivity contribution in [2.45, 2.75) is 13.8 Å². The van der Waals surface area contributed by atoms with Crippen molar-refractivity contribution in [2.24, 2.45) is 0 Å². The number of amides is 1. The van der Waals surface area contributed by atoms with Crippen molar-refractivity contribution in [3.8, 4) is 0 Å². The Labute approximate surface area is 167 Å². The van der Waals surface area contributed by atoms with E-state index in [-0.39, 0.29) is 11.7 Å². The zero-order valence-corrected chi connectivity index (χ0v) is 16.6. The van der Waals surface area contributed by atoms with Gasteiger partial charge in [-0.05, 0) is 49.7 Å². The van der Waals surface area contributed by atoms with Crippen LogP contribution in [0.4, 0.5) is 10.1 Å². The summed E-state index contributed by atoms with van der Waals surface area (Å²) in [5.41, 5.74) is 2.07. The second-order valence-corrected chi connectivity index (χ2v) is 7.40. The second-order valence-electron chi connectivity index (χ2n) is 6.58. The molecule has 0 saturated carbocycles. The summed E-state index contributed by atoms with van der Waals surface area (Å²) in [5, 5.41) is 0.738. The quantitative estimate of drug-likeness (QED) is 0.696. The van der Waals surface area contributed by atoms with Crippen molar-refractivity contribution >= 4 is 40.6 Å². The van der Waals surface area contributed by atoms with E-state index >= 15 is 0 Å². The minimum atomic E-state index is -0.421. The van der Waals surface area contributed by atoms with Gasteiger partial charge in [-0.3, -0.25) is 9.59 Å². The van der Waals surface area contributed by atoms with E-state index in [1.165, 1.54) is 13.0 Å². The van der Waals surface area contributed by atoms with Crippen molar-refractivity contribution in [2.75, 3.05) is 31.1 Å². The Kier molecular flexibility index (Phi) is 5.72. The van der Waals surface area contributed by atoms with Crippen molar-refractivity contribution in [1.82, 2.24) is 4.90 Å². The summed E-state index contributed by atoms with van der Waals surface area (Å²) in [6.45, 7) is 5.16. The van der Waals surface area contributed by atoms with Gasteiger partial charge in [0.2, 0.25) is 0 Å². The average Bonchev–Trinajstić information content (AvgIpc) is 2.65. The number of halogens is 3. The number of nitrogens with zero attached hydrogens (tertiary/aromatic N) is 2. The van der Waals surface area contributed by atoms with E-state index in [0.29, 0.717) is 53.0 Å². The zero-order chi connectivity index (χ0) is 19.7. The molecule has 1 saturated heterocycles. The molecule has 27 heavy (non-hydrogen) atoms. The molecule has 0 bridgehead atoms. The lowest BCUT2D eigenvalue weighted by Gasteiger charge is -2.36. The van der Waals surface area contributed by atoms with Crippen LogP contribution in [0.15, 0.2) is 30.3 Å². The largest absolute Gasteiger partial charge is 0.366 e. The first-order valence-corrected chi connectivity index (χ1v) is 9.34. The number of piperazine rings is 1. The maximum absolute atomic E-state index is 14.5. The smallest absolute Gasteiger partial charge is 0.254 e. The fraction of sp³-hybridized carbons (Fsp3) is 0.300. The summed E-state index contributed by atoms with van der Waals surface area (Å²) in [5.74, 6) is -0.707. The van der Waals surface area contributed by atoms with Gasteiger partial charge in [-0.25, -0.2) is 4.39 Å². The van der Waals surface area contributed by atoms with E-state index in [1.807, 2.05) is 4.90 Å². The van der Waals surface area contributed by atoms with Gasteiger partial charge in [-0.2, -0.15) is 0 Å². The number of hydrogen-bond donors (Lipinski definition) is 0. The van der Waals surface area contributed by atoms with Crippen LogP contribution in [0.2, 0.25) is 10.0 Å². The number of Topliss-reactive ketones (excluding diaryl/α,β-unsaturated/α-hetero) is 1. The normalized spacial score (nSPS) is 14.4. The summed E-state index contributed by atoms with van der Waals surface area (Å²) in [6, 6.07) is 7.79. The predicted octanol–water partition coefficient (Wildman–Crippen LogP) is 4.61. The highest BCUT2D eigenvalue weighted by Crippen LogP contribution is 2.26. The van der Waals surface area contributed by atoms with Gasteiger partial charge in [-0.1, -0.05) is 23.2 Å². The molecular weight excluding hydrogens is 390 g/mol. The number of benzene rings is 2. The molecule has 1 aliphatic heterocycles. The van der Waals surface area contributed by atoms with Crippen LogP contribution in [0.25, 0.3) is 0 Å². The van der Waals surface area contributed by atoms with Crippen molar-refractivity contribution in [3.63, 3.8) is 0 Å². The molecule has 2 aromatic carbocycles. The highest BCUT2D eigenvalue weighted by atomic mass is 35.5. The molecule has 4 nitrogen and oxygen atoms in total. The summed E-state index contributed by atoms with van der Waals surface area (Å²) < 4.78 is 14.5. The van der Waals surface area contributed by atoms with E-state index in [2.05, 4.69) is 0 Å². The van der Waals surface area contributed by atoms with Crippen LogP contribution >= 0.6 is 23.2 Å². The summed E-state index contributed by atoms with van der Waals surface area (Å²) in [4.78, 5) is 27.8. The molecule has 2 aromatic rings.